The van der Waals surface area contributed by atoms with Crippen LogP contribution in [0.3, 0.4) is 0 Å². The number of nitro benzene ring substituents is 1. The Morgan fingerprint density at radius 3 is 2.94 bits per heavy atom. The summed E-state index contributed by atoms with van der Waals surface area (Å²) in [6, 6.07) is 4.97. The van der Waals surface area contributed by atoms with Gasteiger partial charge in [-0.2, -0.15) is 0 Å². The molecule has 0 spiro atoms. The first kappa shape index (κ1) is 12.8. The average Bonchev–Trinajstić information content (AvgIpc) is 2.91. The number of likely N-dealkylation sites (N-methyl/N-ethyl adjacent to an activating group) is 1. The van der Waals surface area contributed by atoms with Gasteiger partial charge in [-0.15, -0.1) is 0 Å². The Bertz CT molecular complexity index is 444. The van der Waals surface area contributed by atoms with Crippen molar-refractivity contribution in [1.29, 1.82) is 0 Å². The van der Waals surface area contributed by atoms with Crippen molar-refractivity contribution in [2.45, 2.75) is 19.1 Å². The van der Waals surface area contributed by atoms with Crippen LogP contribution in [0.25, 0.3) is 0 Å². The molecule has 1 N–H and O–H groups in total. The molecule has 0 radical (unpaired) electrons. The summed E-state index contributed by atoms with van der Waals surface area (Å²) < 4.78 is 5.29. The maximum absolute atomic E-state index is 11.1. The molecule has 1 unspecified atom stereocenters. The van der Waals surface area contributed by atoms with Crippen molar-refractivity contribution in [2.75, 3.05) is 25.2 Å². The molecule has 0 bridgehead atoms. The van der Waals surface area contributed by atoms with E-state index in [1.165, 1.54) is 6.07 Å². The number of hydrogen-bond acceptors (Lipinski definition) is 5. The van der Waals surface area contributed by atoms with E-state index < -0.39 is 4.92 Å². The van der Waals surface area contributed by atoms with Gasteiger partial charge in [0, 0.05) is 19.7 Å². The van der Waals surface area contributed by atoms with Gasteiger partial charge < -0.3 is 14.7 Å². The molecule has 1 fully saturated rings. The third-order valence-electron chi connectivity index (χ3n) is 3.25. The fourth-order valence-electron chi connectivity index (χ4n) is 2.14. The quantitative estimate of drug-likeness (QED) is 0.646. The lowest BCUT2D eigenvalue weighted by Crippen LogP contribution is -2.32. The molecule has 18 heavy (non-hydrogen) atoms. The highest BCUT2D eigenvalue weighted by Crippen LogP contribution is 2.31. The second-order valence-electron chi connectivity index (χ2n) is 4.37. The van der Waals surface area contributed by atoms with Gasteiger partial charge >= 0.3 is 0 Å². The van der Waals surface area contributed by atoms with Crippen LogP contribution in [0.15, 0.2) is 18.2 Å². The molecule has 1 aromatic rings. The lowest BCUT2D eigenvalue weighted by atomic mass is 10.1. The number of anilines is 1. The number of nitrogens with zero attached hydrogens (tertiary/aromatic N) is 2. The van der Waals surface area contributed by atoms with E-state index in [2.05, 4.69) is 0 Å². The van der Waals surface area contributed by atoms with E-state index in [0.717, 1.165) is 6.42 Å². The molecule has 2 rings (SSSR count). The van der Waals surface area contributed by atoms with Gasteiger partial charge in [0.05, 0.1) is 24.2 Å². The molecule has 98 valence electrons. The lowest BCUT2D eigenvalue weighted by molar-refractivity contribution is -0.384. The van der Waals surface area contributed by atoms with Crippen molar-refractivity contribution in [3.8, 4) is 0 Å². The van der Waals surface area contributed by atoms with Crippen molar-refractivity contribution < 1.29 is 14.8 Å². The van der Waals surface area contributed by atoms with E-state index in [4.69, 9.17) is 9.84 Å². The topological polar surface area (TPSA) is 75.8 Å². The Morgan fingerprint density at radius 1 is 1.61 bits per heavy atom. The molecule has 6 nitrogen and oxygen atoms in total. The number of hydrogen-bond donors (Lipinski definition) is 1. The predicted octanol–water partition coefficient (Wildman–Crippen LogP) is 1.31. The van der Waals surface area contributed by atoms with Crippen LogP contribution in [0.5, 0.6) is 0 Å². The largest absolute Gasteiger partial charge is 0.392 e. The minimum atomic E-state index is -0.416. The molecule has 0 aromatic heterocycles. The molecule has 0 amide bonds. The predicted molar refractivity (Wildman–Crippen MR) is 66.6 cm³/mol. The van der Waals surface area contributed by atoms with Gasteiger partial charge in [-0.1, -0.05) is 6.07 Å². The molecule has 1 aliphatic heterocycles. The lowest BCUT2D eigenvalue weighted by Gasteiger charge is -2.25. The zero-order chi connectivity index (χ0) is 13.1. The first-order chi connectivity index (χ1) is 8.63. The van der Waals surface area contributed by atoms with Gasteiger partial charge in [0.2, 0.25) is 0 Å². The second kappa shape index (κ2) is 5.32. The van der Waals surface area contributed by atoms with Crippen molar-refractivity contribution >= 4 is 11.4 Å². The van der Waals surface area contributed by atoms with Crippen LogP contribution in [0.1, 0.15) is 12.0 Å². The minimum absolute atomic E-state index is 0.0240. The van der Waals surface area contributed by atoms with E-state index in [-0.39, 0.29) is 18.3 Å². The highest BCUT2D eigenvalue weighted by molar-refractivity contribution is 5.64. The Kier molecular flexibility index (Phi) is 3.78. The Labute approximate surface area is 105 Å². The van der Waals surface area contributed by atoms with Crippen LogP contribution in [-0.2, 0) is 11.3 Å². The summed E-state index contributed by atoms with van der Waals surface area (Å²) in [5, 5.41) is 20.1. The van der Waals surface area contributed by atoms with Gasteiger partial charge in [0.15, 0.2) is 0 Å². The summed E-state index contributed by atoms with van der Waals surface area (Å²) in [6.07, 6.45) is 0.870. The van der Waals surface area contributed by atoms with Gasteiger partial charge in [0.1, 0.15) is 5.69 Å². The van der Waals surface area contributed by atoms with E-state index in [9.17, 15) is 10.1 Å². The third kappa shape index (κ3) is 2.44. The minimum Gasteiger partial charge on any atom is -0.392 e. The summed E-state index contributed by atoms with van der Waals surface area (Å²) in [7, 11) is 1.83. The van der Waals surface area contributed by atoms with E-state index in [1.807, 2.05) is 11.9 Å². The molecule has 1 saturated heterocycles. The van der Waals surface area contributed by atoms with Crippen molar-refractivity contribution in [3.05, 3.63) is 33.9 Å². The summed E-state index contributed by atoms with van der Waals surface area (Å²) in [5.74, 6) is 0. The standard InChI is InChI=1S/C12H16N2O4/c1-13(10-4-5-18-8-10)11-3-2-9(7-15)6-12(11)14(16)17/h2-3,6,10,15H,4-5,7-8H2,1H3. The van der Waals surface area contributed by atoms with Crippen LogP contribution in [0.2, 0.25) is 0 Å². The molecule has 0 aliphatic carbocycles. The monoisotopic (exact) mass is 252 g/mol. The highest BCUT2D eigenvalue weighted by atomic mass is 16.6. The summed E-state index contributed by atoms with van der Waals surface area (Å²) >= 11 is 0. The molecule has 1 atom stereocenters. The zero-order valence-corrected chi connectivity index (χ0v) is 10.2. The van der Waals surface area contributed by atoms with Crippen LogP contribution in [0.4, 0.5) is 11.4 Å². The zero-order valence-electron chi connectivity index (χ0n) is 10.2. The van der Waals surface area contributed by atoms with Gasteiger partial charge in [-0.3, -0.25) is 10.1 Å². The molecular formula is C12H16N2O4. The molecular weight excluding hydrogens is 236 g/mol. The SMILES string of the molecule is CN(c1ccc(CO)cc1[N+](=O)[O-])C1CCOC1. The number of benzene rings is 1. The fraction of sp³-hybridized carbons (Fsp3) is 0.500. The summed E-state index contributed by atoms with van der Waals surface area (Å²) in [5.41, 5.74) is 1.13. The van der Waals surface area contributed by atoms with Crippen LogP contribution < -0.4 is 4.90 Å². The van der Waals surface area contributed by atoms with Crippen molar-refractivity contribution in [2.24, 2.45) is 0 Å². The Hall–Kier alpha value is -1.66. The molecule has 6 heteroatoms. The summed E-state index contributed by atoms with van der Waals surface area (Å²) in [6.45, 7) is 1.09. The van der Waals surface area contributed by atoms with Gasteiger partial charge in [-0.05, 0) is 18.1 Å². The molecule has 1 aromatic carbocycles. The molecule has 0 saturated carbocycles. The van der Waals surface area contributed by atoms with Crippen molar-refractivity contribution in [1.82, 2.24) is 0 Å². The van der Waals surface area contributed by atoms with E-state index >= 15 is 0 Å². The first-order valence-electron chi connectivity index (χ1n) is 5.82. The molecule has 1 heterocycles. The number of nitro groups is 1. The number of aliphatic hydroxyl groups excluding tert-OH is 1. The maximum atomic E-state index is 11.1. The van der Waals surface area contributed by atoms with E-state index in [0.29, 0.717) is 24.5 Å². The Morgan fingerprint density at radius 2 is 2.39 bits per heavy atom. The fourth-order valence-corrected chi connectivity index (χ4v) is 2.14. The number of ether oxygens (including phenoxy) is 1. The molecule has 1 aliphatic rings. The number of rotatable bonds is 4. The van der Waals surface area contributed by atoms with Gasteiger partial charge in [0.25, 0.3) is 5.69 Å². The normalized spacial score (nSPS) is 18.9. The Balaban J connectivity index is 2.33. The smallest absolute Gasteiger partial charge is 0.292 e. The first-order valence-corrected chi connectivity index (χ1v) is 5.82. The van der Waals surface area contributed by atoms with Crippen molar-refractivity contribution in [3.63, 3.8) is 0 Å². The average molecular weight is 252 g/mol. The summed E-state index contributed by atoms with van der Waals surface area (Å²) in [4.78, 5) is 12.5. The third-order valence-corrected chi connectivity index (χ3v) is 3.25. The van der Waals surface area contributed by atoms with Crippen LogP contribution in [0, 0.1) is 10.1 Å². The second-order valence-corrected chi connectivity index (χ2v) is 4.37. The van der Waals surface area contributed by atoms with E-state index in [1.54, 1.807) is 12.1 Å². The van der Waals surface area contributed by atoms with Crippen LogP contribution >= 0.6 is 0 Å². The van der Waals surface area contributed by atoms with Gasteiger partial charge in [-0.25, -0.2) is 0 Å². The maximum Gasteiger partial charge on any atom is 0.292 e. The van der Waals surface area contributed by atoms with Crippen LogP contribution in [-0.4, -0.2) is 36.3 Å². The highest BCUT2D eigenvalue weighted by Gasteiger charge is 2.26. The number of aliphatic hydroxyl groups is 1.